The number of ether oxygens (including phenoxy) is 2. The molecule has 2 aromatic rings. The zero-order valence-corrected chi connectivity index (χ0v) is 39.2. The van der Waals surface area contributed by atoms with Gasteiger partial charge in [0.2, 0.25) is 0 Å². The minimum absolute atomic E-state index is 0.0481. The molecule has 1 N–H and O–H groups in total. The van der Waals surface area contributed by atoms with E-state index in [0.717, 1.165) is 120 Å². The smallest absolute Gasteiger partial charge is 0.426 e. The van der Waals surface area contributed by atoms with Crippen molar-refractivity contribution in [1.29, 1.82) is 0 Å². The average Bonchev–Trinajstić information content (AvgIpc) is 4.14. The third-order valence-electron chi connectivity index (χ3n) is 13.6. The Bertz CT molecular complexity index is 1940. The van der Waals surface area contributed by atoms with Crippen molar-refractivity contribution < 1.29 is 76.5 Å². The summed E-state index contributed by atoms with van der Waals surface area (Å²) in [5.41, 5.74) is -0.131. The van der Waals surface area contributed by atoms with Crippen LogP contribution in [-0.2, 0) is 16.0 Å². The van der Waals surface area contributed by atoms with Gasteiger partial charge < -0.3 is 34.4 Å². The van der Waals surface area contributed by atoms with Gasteiger partial charge in [0.25, 0.3) is 12.2 Å². The summed E-state index contributed by atoms with van der Waals surface area (Å²) in [7, 11) is 0. The molecule has 5 saturated heterocycles. The monoisotopic (exact) mass is 1040 g/mol. The number of carbonyl (C=O) groups is 3. The maximum absolute atomic E-state index is 12.7. The highest BCUT2D eigenvalue weighted by Gasteiger charge is 2.61. The first-order chi connectivity index (χ1) is 32.4. The summed E-state index contributed by atoms with van der Waals surface area (Å²) < 4.78 is 158. The molecule has 13 nitrogen and oxygen atoms in total. The largest absolute Gasteiger partial charge is 0.434 e. The van der Waals surface area contributed by atoms with Gasteiger partial charge in [0.15, 0.2) is 16.5 Å². The summed E-state index contributed by atoms with van der Waals surface area (Å²) in [6.45, 7) is 7.70. The summed E-state index contributed by atoms with van der Waals surface area (Å²) in [6.07, 6.45) is -17.8. The van der Waals surface area contributed by atoms with Crippen molar-refractivity contribution in [1.82, 2.24) is 30.0 Å². The highest BCUT2D eigenvalue weighted by molar-refractivity contribution is 7.17. The van der Waals surface area contributed by atoms with Crippen LogP contribution in [0.25, 0.3) is 0 Å². The van der Waals surface area contributed by atoms with Crippen molar-refractivity contribution in [3.63, 3.8) is 0 Å². The molecule has 2 aromatic heterocycles. The molecule has 69 heavy (non-hydrogen) atoms. The number of piperidine rings is 3. The number of amides is 2. The van der Waals surface area contributed by atoms with Crippen molar-refractivity contribution in [3.05, 3.63) is 22.1 Å². The lowest BCUT2D eigenvalue weighted by Gasteiger charge is -2.44. The van der Waals surface area contributed by atoms with Gasteiger partial charge in [-0.05, 0) is 82.6 Å². The lowest BCUT2D eigenvalue weighted by atomic mass is 9.77. The first-order valence-electron chi connectivity index (χ1n) is 22.9. The highest BCUT2D eigenvalue weighted by atomic mass is 32.1. The van der Waals surface area contributed by atoms with Crippen LogP contribution in [0.2, 0.25) is 0 Å². The number of alkyl halides is 12. The Hall–Kier alpha value is -3.85. The highest BCUT2D eigenvalue weighted by Crippen LogP contribution is 2.47. The van der Waals surface area contributed by atoms with Crippen molar-refractivity contribution in [2.75, 3.05) is 81.8 Å². The average molecular weight is 1050 g/mol. The van der Waals surface area contributed by atoms with Gasteiger partial charge in [0, 0.05) is 88.6 Å². The maximum atomic E-state index is 12.7. The Kier molecular flexibility index (Phi) is 17.9. The molecule has 5 aliphatic heterocycles. The lowest BCUT2D eigenvalue weighted by molar-refractivity contribution is -0.309. The molecule has 27 heteroatoms. The first-order valence-corrected chi connectivity index (χ1v) is 24.5. The minimum Gasteiger partial charge on any atom is -0.426 e. The van der Waals surface area contributed by atoms with E-state index in [2.05, 4.69) is 39.5 Å². The van der Waals surface area contributed by atoms with E-state index in [0.29, 0.717) is 32.2 Å². The number of nitrogens with zero attached hydrogens (tertiary/aromatic N) is 7. The molecule has 390 valence electrons. The molecule has 1 aliphatic carbocycles. The number of halogens is 12. The lowest BCUT2D eigenvalue weighted by Crippen LogP contribution is -2.54. The van der Waals surface area contributed by atoms with Gasteiger partial charge in [0.05, 0.1) is 11.1 Å². The van der Waals surface area contributed by atoms with Crippen LogP contribution >= 0.6 is 22.7 Å². The number of anilines is 2. The second-order valence-electron chi connectivity index (χ2n) is 18.2. The summed E-state index contributed by atoms with van der Waals surface area (Å²) in [6, 6.07) is 0. The first kappa shape index (κ1) is 54.5. The number of likely N-dealkylation sites (tertiary alicyclic amines) is 3. The summed E-state index contributed by atoms with van der Waals surface area (Å²) in [5.74, 6) is 0. The summed E-state index contributed by atoms with van der Waals surface area (Å²) in [4.78, 5) is 53.5. The van der Waals surface area contributed by atoms with Gasteiger partial charge >= 0.3 is 36.9 Å². The van der Waals surface area contributed by atoms with Crippen LogP contribution in [-0.4, -0.2) is 158 Å². The zero-order chi connectivity index (χ0) is 50.3. The maximum Gasteiger partial charge on any atom is 0.434 e. The van der Waals surface area contributed by atoms with Crippen LogP contribution in [0.3, 0.4) is 0 Å². The molecule has 6 aliphatic rings. The molecule has 2 amide bonds. The number of hydrogen-bond donors (Lipinski definition) is 1. The standard InChI is InChI=1S/C20H27F6N5O2S.C13H17F6NO2.C9H12N2OS/c21-19(22,23)15(20(24,25)26)33-17(32)30-8-3-18(4-9-30)2-1-7-31(18)13-14-12-28-16(34-14)29-10-5-27-6-11-29;14-12(15,16)9(13(17,18)19)22-10(21)20-7-5-11(6-8-20)3-1-2-4-11;12-7-8-6-10-9(13-8)11-4-2-1-3-5-11/h12,15,27H,1-11,13H2;9H,1-8H2;6-7H,1-5H2. The molecular weight excluding hydrogens is 989 g/mol. The van der Waals surface area contributed by atoms with E-state index in [1.807, 2.05) is 6.20 Å². The van der Waals surface area contributed by atoms with Gasteiger partial charge in [-0.2, -0.15) is 52.7 Å². The number of aromatic nitrogens is 2. The Balaban J connectivity index is 0.000000190. The molecule has 2 spiro atoms. The van der Waals surface area contributed by atoms with E-state index in [4.69, 9.17) is 0 Å². The number of nitrogens with one attached hydrogen (secondary N) is 1. The summed E-state index contributed by atoms with van der Waals surface area (Å²) in [5, 5.41) is 5.28. The van der Waals surface area contributed by atoms with E-state index in [1.54, 1.807) is 17.5 Å². The molecule has 0 radical (unpaired) electrons. The molecule has 0 aromatic carbocycles. The van der Waals surface area contributed by atoms with Crippen LogP contribution in [0.5, 0.6) is 0 Å². The topological polar surface area (TPSA) is 124 Å². The van der Waals surface area contributed by atoms with Gasteiger partial charge in [-0.3, -0.25) is 9.69 Å². The molecule has 1 saturated carbocycles. The Labute approximate surface area is 398 Å². The van der Waals surface area contributed by atoms with E-state index >= 15 is 0 Å². The Morgan fingerprint density at radius 3 is 1.57 bits per heavy atom. The SMILES string of the molecule is O=C(OC(C(F)(F)F)C(F)(F)F)N1CCC2(CCCC2)CC1.O=C(OC(C(F)(F)F)C(F)(F)F)N1CCC2(CCCN2Cc2cnc(N3CCNCC3)s2)CC1.O=Cc1cnc(N2CCCCC2)s1. The van der Waals surface area contributed by atoms with Crippen molar-refractivity contribution in [2.24, 2.45) is 5.41 Å². The quantitative estimate of drug-likeness (QED) is 0.211. The van der Waals surface area contributed by atoms with Crippen LogP contribution < -0.4 is 15.1 Å². The molecule has 7 heterocycles. The van der Waals surface area contributed by atoms with E-state index < -0.39 is 49.1 Å². The predicted molar refractivity (Wildman–Crippen MR) is 230 cm³/mol. The zero-order valence-electron chi connectivity index (χ0n) is 37.6. The van der Waals surface area contributed by atoms with Gasteiger partial charge in [0.1, 0.15) is 0 Å². The molecule has 6 fully saturated rings. The molecular formula is C42H56F12N8O5S2. The van der Waals surface area contributed by atoms with Gasteiger partial charge in [-0.15, -0.1) is 11.3 Å². The van der Waals surface area contributed by atoms with Crippen molar-refractivity contribution >= 4 is 51.4 Å². The number of carbonyl (C=O) groups excluding carboxylic acids is 3. The van der Waals surface area contributed by atoms with E-state index in [9.17, 15) is 67.1 Å². The second-order valence-corrected chi connectivity index (χ2v) is 20.3. The number of rotatable bonds is 7. The van der Waals surface area contributed by atoms with E-state index in [1.165, 1.54) is 30.6 Å². The van der Waals surface area contributed by atoms with Crippen molar-refractivity contribution in [2.45, 2.75) is 132 Å². The Morgan fingerprint density at radius 1 is 0.594 bits per heavy atom. The third kappa shape index (κ3) is 14.6. The molecule has 8 rings (SSSR count). The molecule has 0 unspecified atom stereocenters. The van der Waals surface area contributed by atoms with E-state index in [-0.39, 0.29) is 37.1 Å². The van der Waals surface area contributed by atoms with Crippen LogP contribution in [0.15, 0.2) is 12.4 Å². The number of thiazole rings is 2. The van der Waals surface area contributed by atoms with Gasteiger partial charge in [-0.1, -0.05) is 24.2 Å². The number of aldehydes is 1. The Morgan fingerprint density at radius 2 is 1.07 bits per heavy atom. The fraction of sp³-hybridized carbons (Fsp3) is 0.786. The number of hydrogen-bond acceptors (Lipinski definition) is 13. The fourth-order valence-corrected chi connectivity index (χ4v) is 11.6. The third-order valence-corrected chi connectivity index (χ3v) is 15.6. The summed E-state index contributed by atoms with van der Waals surface area (Å²) >= 11 is 3.12. The number of piperazine rings is 1. The van der Waals surface area contributed by atoms with Crippen LogP contribution in [0.4, 0.5) is 72.5 Å². The minimum atomic E-state index is -5.72. The predicted octanol–water partition coefficient (Wildman–Crippen LogP) is 9.83. The van der Waals surface area contributed by atoms with Crippen molar-refractivity contribution in [3.8, 4) is 0 Å². The second kappa shape index (κ2) is 22.7. The molecule has 0 bridgehead atoms. The van der Waals surface area contributed by atoms with Crippen LogP contribution in [0, 0.1) is 5.41 Å². The van der Waals surface area contributed by atoms with Crippen LogP contribution in [0.1, 0.15) is 98.0 Å². The molecule has 0 atom stereocenters. The fourth-order valence-electron chi connectivity index (χ4n) is 9.81. The normalized spacial score (nSPS) is 21.3. The van der Waals surface area contributed by atoms with Gasteiger partial charge in [-0.25, -0.2) is 19.6 Å².